The molecule has 2 heteroatoms. The van der Waals surface area contributed by atoms with Gasteiger partial charge in [0.2, 0.25) is 0 Å². The van der Waals surface area contributed by atoms with Gasteiger partial charge in [0.1, 0.15) is 0 Å². The molecule has 0 atom stereocenters. The van der Waals surface area contributed by atoms with E-state index in [1.165, 1.54) is 23.4 Å². The van der Waals surface area contributed by atoms with Gasteiger partial charge in [0, 0.05) is 0 Å². The molecular weight excluding hydrogens is 247 g/mol. The predicted octanol–water partition coefficient (Wildman–Crippen LogP) is 5.94. The highest BCUT2D eigenvalue weighted by atomic mass is 28.3. The monoisotopic (exact) mass is 282 g/mol. The second-order valence-corrected chi connectivity index (χ2v) is 16.3. The van der Waals surface area contributed by atoms with Crippen molar-refractivity contribution in [3.8, 4) is 0 Å². The van der Waals surface area contributed by atoms with Crippen LogP contribution < -0.4 is 0 Å². The Morgan fingerprint density at radius 2 is 1.44 bits per heavy atom. The SMILES string of the molecule is CCC/C=[C](/[Al]([CH2]C(C)C)[CH2]C(C)C)[Si](C)(C)C. The molecule has 0 radical (unpaired) electrons. The molecule has 0 amide bonds. The van der Waals surface area contributed by atoms with Crippen molar-refractivity contribution in [1.29, 1.82) is 0 Å². The van der Waals surface area contributed by atoms with Gasteiger partial charge in [0.15, 0.2) is 0 Å². The molecule has 0 bridgehead atoms. The van der Waals surface area contributed by atoms with Gasteiger partial charge < -0.3 is 0 Å². The first-order valence-corrected chi connectivity index (χ1v) is 13.6. The largest absolute Gasteiger partial charge is 0.294 e. The third-order valence-corrected chi connectivity index (χ3v) is 13.4. The van der Waals surface area contributed by atoms with E-state index in [2.05, 4.69) is 60.3 Å². The zero-order chi connectivity index (χ0) is 14.3. The zero-order valence-electron chi connectivity index (χ0n) is 14.1. The Labute approximate surface area is 122 Å². The Morgan fingerprint density at radius 3 is 1.72 bits per heavy atom. The van der Waals surface area contributed by atoms with E-state index in [0.29, 0.717) is 0 Å². The van der Waals surface area contributed by atoms with Gasteiger partial charge in [-0.05, 0) is 6.42 Å². The van der Waals surface area contributed by atoms with E-state index >= 15 is 0 Å². The van der Waals surface area contributed by atoms with Crippen LogP contribution in [0.5, 0.6) is 0 Å². The Morgan fingerprint density at radius 1 is 1.00 bits per heavy atom. The second kappa shape index (κ2) is 8.62. The van der Waals surface area contributed by atoms with Gasteiger partial charge in [-0.25, -0.2) is 0 Å². The van der Waals surface area contributed by atoms with E-state index in [1.54, 1.807) is 0 Å². The average Bonchev–Trinajstić information content (AvgIpc) is 2.13. The Bertz CT molecular complexity index is 238. The summed E-state index contributed by atoms with van der Waals surface area (Å²) in [5.41, 5.74) is 0. The van der Waals surface area contributed by atoms with E-state index in [1.807, 2.05) is 4.06 Å². The van der Waals surface area contributed by atoms with Gasteiger partial charge in [-0.3, -0.25) is 0 Å². The summed E-state index contributed by atoms with van der Waals surface area (Å²) in [6.07, 6.45) is 5.27. The number of rotatable bonds is 8. The number of allylic oxidation sites excluding steroid dienone is 1. The molecule has 0 aromatic carbocycles. The Kier molecular flexibility index (Phi) is 8.85. The molecule has 0 unspecified atom stereocenters. The molecule has 0 spiro atoms. The van der Waals surface area contributed by atoms with Crippen molar-refractivity contribution in [1.82, 2.24) is 0 Å². The van der Waals surface area contributed by atoms with Gasteiger partial charge in [-0.1, -0.05) is 83.1 Å². The maximum Gasteiger partial charge on any atom is 0.294 e. The van der Waals surface area contributed by atoms with Gasteiger partial charge in [0.25, 0.3) is 14.1 Å². The molecule has 0 aliphatic heterocycles. The summed E-state index contributed by atoms with van der Waals surface area (Å²) < 4.78 is 1.98. The molecule has 0 saturated carbocycles. The van der Waals surface area contributed by atoms with E-state index < -0.39 is 22.2 Å². The molecule has 0 rings (SSSR count). The maximum atomic E-state index is 2.66. The zero-order valence-corrected chi connectivity index (χ0v) is 16.3. The quantitative estimate of drug-likeness (QED) is 0.484. The topological polar surface area (TPSA) is 0 Å². The molecule has 0 nitrogen and oxygen atoms in total. The summed E-state index contributed by atoms with van der Waals surface area (Å²) in [4.78, 5) is 0. The van der Waals surface area contributed by atoms with Crippen molar-refractivity contribution in [2.24, 2.45) is 11.8 Å². The summed E-state index contributed by atoms with van der Waals surface area (Å²) in [6.45, 7) is 19.6. The van der Waals surface area contributed by atoms with Crippen LogP contribution in [0.4, 0.5) is 0 Å². The smallest absolute Gasteiger partial charge is 0.144 e. The lowest BCUT2D eigenvalue weighted by molar-refractivity contribution is 0.693. The van der Waals surface area contributed by atoms with Gasteiger partial charge in [-0.15, -0.1) is 10.1 Å². The predicted molar refractivity (Wildman–Crippen MR) is 91.4 cm³/mol. The lowest BCUT2D eigenvalue weighted by atomic mass is 10.3. The van der Waals surface area contributed by atoms with Gasteiger partial charge in [0.05, 0.1) is 8.07 Å². The minimum atomic E-state index is -1.10. The van der Waals surface area contributed by atoms with E-state index in [0.717, 1.165) is 11.8 Å². The van der Waals surface area contributed by atoms with Crippen LogP contribution in [0.2, 0.25) is 30.2 Å². The number of hydrogen-bond donors (Lipinski definition) is 0. The first-order chi connectivity index (χ1) is 8.18. The van der Waals surface area contributed by atoms with E-state index in [4.69, 9.17) is 0 Å². The van der Waals surface area contributed by atoms with E-state index in [-0.39, 0.29) is 0 Å². The third-order valence-electron chi connectivity index (χ3n) is 3.47. The summed E-state index contributed by atoms with van der Waals surface area (Å²) >= 11 is -0.698. The molecular formula is C16H35AlSi. The summed E-state index contributed by atoms with van der Waals surface area (Å²) in [5, 5.41) is 3.02. The van der Waals surface area contributed by atoms with Crippen molar-refractivity contribution >= 4 is 22.2 Å². The van der Waals surface area contributed by atoms with Crippen molar-refractivity contribution in [2.75, 3.05) is 0 Å². The van der Waals surface area contributed by atoms with Crippen LogP contribution in [0, 0.1) is 11.8 Å². The molecule has 0 aromatic heterocycles. The summed E-state index contributed by atoms with van der Waals surface area (Å²) in [7, 11) is -1.10. The fourth-order valence-corrected chi connectivity index (χ4v) is 12.7. The summed E-state index contributed by atoms with van der Waals surface area (Å²) in [6, 6.07) is 0. The molecule has 0 fully saturated rings. The highest BCUT2D eigenvalue weighted by molar-refractivity contribution is 6.98. The standard InChI is InChI=1S/C8H17Si.2C4H9.Al/c1-5-6-7-8-9(2,3)4;2*1-4(2)3;/h7H,5-6H2,1-4H3;2*4H,1H2,2-3H3;. The van der Waals surface area contributed by atoms with Crippen LogP contribution >= 0.6 is 0 Å². The molecule has 18 heavy (non-hydrogen) atoms. The van der Waals surface area contributed by atoms with Crippen molar-refractivity contribution in [2.45, 2.75) is 77.7 Å². The van der Waals surface area contributed by atoms with Crippen molar-refractivity contribution in [3.63, 3.8) is 0 Å². The number of unbranched alkanes of at least 4 members (excludes halogenated alkanes) is 1. The lowest BCUT2D eigenvalue weighted by Crippen LogP contribution is -2.36. The Balaban J connectivity index is 5.07. The lowest BCUT2D eigenvalue weighted by Gasteiger charge is -2.29. The highest BCUT2D eigenvalue weighted by Gasteiger charge is 2.31. The first-order valence-electron chi connectivity index (χ1n) is 7.89. The summed E-state index contributed by atoms with van der Waals surface area (Å²) in [5.74, 6) is 1.75. The van der Waals surface area contributed by atoms with E-state index in [9.17, 15) is 0 Å². The molecule has 0 aromatic rings. The van der Waals surface area contributed by atoms with Gasteiger partial charge >= 0.3 is 0 Å². The molecule has 0 heterocycles. The molecule has 106 valence electrons. The molecule has 0 aliphatic carbocycles. The molecule has 0 aliphatic rings. The van der Waals surface area contributed by atoms with Crippen LogP contribution in [0.15, 0.2) is 10.1 Å². The minimum Gasteiger partial charge on any atom is -0.144 e. The second-order valence-electron chi connectivity index (χ2n) is 7.65. The average molecular weight is 283 g/mol. The van der Waals surface area contributed by atoms with Gasteiger partial charge in [-0.2, -0.15) is 0 Å². The fraction of sp³-hybridized carbons (Fsp3) is 0.875. The minimum absolute atomic E-state index is 0.698. The third kappa shape index (κ3) is 7.82. The van der Waals surface area contributed by atoms with Crippen molar-refractivity contribution in [3.05, 3.63) is 10.1 Å². The number of hydrogen-bond acceptors (Lipinski definition) is 0. The first kappa shape index (κ1) is 18.5. The molecule has 0 saturated heterocycles. The van der Waals surface area contributed by atoms with Crippen molar-refractivity contribution < 1.29 is 0 Å². The van der Waals surface area contributed by atoms with Crippen LogP contribution in [-0.2, 0) is 0 Å². The fourth-order valence-electron chi connectivity index (χ4n) is 2.87. The molecule has 0 N–H and O–H groups in total. The van der Waals surface area contributed by atoms with Crippen LogP contribution in [0.25, 0.3) is 0 Å². The normalized spacial score (nSPS) is 13.6. The van der Waals surface area contributed by atoms with Crippen LogP contribution in [-0.4, -0.2) is 22.2 Å². The Hall–Kier alpha value is 0.489. The maximum absolute atomic E-state index is 2.66. The van der Waals surface area contributed by atoms with Crippen LogP contribution in [0.1, 0.15) is 47.5 Å². The van der Waals surface area contributed by atoms with Crippen LogP contribution in [0.3, 0.4) is 0 Å². The highest BCUT2D eigenvalue weighted by Crippen LogP contribution is 2.27.